The van der Waals surface area contributed by atoms with E-state index in [4.69, 9.17) is 0 Å². The second kappa shape index (κ2) is 9.67. The highest BCUT2D eigenvalue weighted by Crippen LogP contribution is 2.21. The van der Waals surface area contributed by atoms with Crippen LogP contribution in [0, 0.1) is 17.7 Å². The molecule has 2 aliphatic rings. The fraction of sp³-hybridized carbons (Fsp3) is 0.636. The number of para-hydroxylation sites is 1. The van der Waals surface area contributed by atoms with Gasteiger partial charge in [0.25, 0.3) is 0 Å². The average Bonchev–Trinajstić information content (AvgIpc) is 2.69. The zero-order valence-electron chi connectivity index (χ0n) is 17.7. The van der Waals surface area contributed by atoms with Gasteiger partial charge in [-0.2, -0.15) is 0 Å². The average molecular weight is 405 g/mol. The summed E-state index contributed by atoms with van der Waals surface area (Å²) in [5, 5.41) is 2.67. The summed E-state index contributed by atoms with van der Waals surface area (Å²) in [6.45, 7) is 11.4. The maximum absolute atomic E-state index is 13.8. The number of rotatable bonds is 5. The van der Waals surface area contributed by atoms with E-state index in [1.807, 2.05) is 11.8 Å². The Hall–Kier alpha value is -1.99. The van der Waals surface area contributed by atoms with Gasteiger partial charge in [-0.3, -0.25) is 19.4 Å². The van der Waals surface area contributed by atoms with E-state index < -0.39 is 5.82 Å². The third kappa shape index (κ3) is 5.76. The first-order valence-electron chi connectivity index (χ1n) is 10.6. The summed E-state index contributed by atoms with van der Waals surface area (Å²) in [6.07, 6.45) is 1.19. The van der Waals surface area contributed by atoms with Crippen LogP contribution in [0.5, 0.6) is 0 Å². The quantitative estimate of drug-likeness (QED) is 0.818. The first-order valence-corrected chi connectivity index (χ1v) is 10.6. The van der Waals surface area contributed by atoms with Crippen LogP contribution in [0.1, 0.15) is 27.2 Å². The number of carbonyl (C=O) groups excluding carboxylic acids is 2. The monoisotopic (exact) mass is 404 g/mol. The number of nitrogens with zero attached hydrogens (tertiary/aromatic N) is 3. The van der Waals surface area contributed by atoms with Gasteiger partial charge in [-0.1, -0.05) is 26.0 Å². The Morgan fingerprint density at radius 3 is 2.34 bits per heavy atom. The number of piperazine rings is 1. The Kier molecular flexibility index (Phi) is 7.24. The van der Waals surface area contributed by atoms with Crippen LogP contribution in [0.2, 0.25) is 0 Å². The summed E-state index contributed by atoms with van der Waals surface area (Å²) in [7, 11) is 0. The Bertz CT molecular complexity index is 711. The van der Waals surface area contributed by atoms with Crippen molar-refractivity contribution in [2.45, 2.75) is 33.2 Å². The summed E-state index contributed by atoms with van der Waals surface area (Å²) < 4.78 is 13.8. The molecule has 0 radical (unpaired) electrons. The van der Waals surface area contributed by atoms with E-state index in [0.717, 1.165) is 26.2 Å². The molecule has 6 nitrogen and oxygen atoms in total. The predicted molar refractivity (Wildman–Crippen MR) is 112 cm³/mol. The molecular formula is C22H33FN4O2. The van der Waals surface area contributed by atoms with Gasteiger partial charge in [0.05, 0.1) is 18.3 Å². The highest BCUT2D eigenvalue weighted by Gasteiger charge is 2.29. The van der Waals surface area contributed by atoms with E-state index in [1.165, 1.54) is 12.5 Å². The summed E-state index contributed by atoms with van der Waals surface area (Å²) in [5.41, 5.74) is 0.207. The molecule has 0 spiro atoms. The lowest BCUT2D eigenvalue weighted by molar-refractivity contribution is -0.136. The van der Waals surface area contributed by atoms with E-state index in [-0.39, 0.29) is 23.5 Å². The highest BCUT2D eigenvalue weighted by molar-refractivity contribution is 5.94. The van der Waals surface area contributed by atoms with E-state index in [0.29, 0.717) is 31.5 Å². The Morgan fingerprint density at radius 2 is 1.72 bits per heavy atom. The Morgan fingerprint density at radius 1 is 1.10 bits per heavy atom. The molecule has 2 amide bonds. The van der Waals surface area contributed by atoms with Crippen molar-refractivity contribution >= 4 is 17.5 Å². The molecule has 0 aliphatic carbocycles. The van der Waals surface area contributed by atoms with Crippen LogP contribution in [0.3, 0.4) is 0 Å². The minimum Gasteiger partial charge on any atom is -0.341 e. The minimum atomic E-state index is -0.433. The molecule has 2 aliphatic heterocycles. The van der Waals surface area contributed by atoms with Crippen molar-refractivity contribution < 1.29 is 14.0 Å². The van der Waals surface area contributed by atoms with Crippen LogP contribution in [-0.4, -0.2) is 78.4 Å². The van der Waals surface area contributed by atoms with E-state index >= 15 is 0 Å². The molecular weight excluding hydrogens is 371 g/mol. The first-order chi connectivity index (χ1) is 13.8. The molecule has 1 N–H and O–H groups in total. The number of piperidine rings is 1. The normalized spacial score (nSPS) is 24.9. The molecule has 0 saturated carbocycles. The SMILES string of the molecule is C[C@@H]1C[C@H](C)CN(C(=O)CN2CCN([C@@H](C)C(=O)Nc3ccccc3F)CC2)C1. The van der Waals surface area contributed by atoms with Gasteiger partial charge in [0.2, 0.25) is 11.8 Å². The molecule has 160 valence electrons. The molecule has 0 aromatic heterocycles. The van der Waals surface area contributed by atoms with Gasteiger partial charge in [0.15, 0.2) is 0 Å². The number of hydrogen-bond donors (Lipinski definition) is 1. The van der Waals surface area contributed by atoms with Gasteiger partial charge < -0.3 is 10.2 Å². The van der Waals surface area contributed by atoms with E-state index in [9.17, 15) is 14.0 Å². The van der Waals surface area contributed by atoms with Crippen molar-refractivity contribution in [3.05, 3.63) is 30.1 Å². The topological polar surface area (TPSA) is 55.9 Å². The van der Waals surface area contributed by atoms with Crippen LogP contribution >= 0.6 is 0 Å². The summed E-state index contributed by atoms with van der Waals surface area (Å²) in [4.78, 5) is 31.5. The van der Waals surface area contributed by atoms with Crippen LogP contribution in [0.15, 0.2) is 24.3 Å². The van der Waals surface area contributed by atoms with Crippen molar-refractivity contribution in [2.75, 3.05) is 51.1 Å². The van der Waals surface area contributed by atoms with Crippen molar-refractivity contribution in [1.82, 2.24) is 14.7 Å². The molecule has 3 atom stereocenters. The molecule has 0 unspecified atom stereocenters. The molecule has 2 saturated heterocycles. The standard InChI is InChI=1S/C22H33FN4O2/c1-16-12-17(2)14-27(13-16)21(28)15-25-8-10-26(11-9-25)18(3)22(29)24-20-7-5-4-6-19(20)23/h4-7,16-18H,8-15H2,1-3H3,(H,24,29)/t16-,17+,18-/m0/s1. The maximum Gasteiger partial charge on any atom is 0.241 e. The van der Waals surface area contributed by atoms with Crippen LogP contribution < -0.4 is 5.32 Å². The second-order valence-electron chi connectivity index (χ2n) is 8.70. The van der Waals surface area contributed by atoms with E-state index in [2.05, 4.69) is 29.0 Å². The molecule has 2 heterocycles. The molecule has 1 aromatic carbocycles. The number of amides is 2. The van der Waals surface area contributed by atoms with Crippen LogP contribution in [0.4, 0.5) is 10.1 Å². The predicted octanol–water partition coefficient (Wildman–Crippen LogP) is 2.27. The molecule has 0 bridgehead atoms. The van der Waals surface area contributed by atoms with Gasteiger partial charge in [-0.15, -0.1) is 0 Å². The minimum absolute atomic E-state index is 0.207. The van der Waals surface area contributed by atoms with Crippen LogP contribution in [0.25, 0.3) is 0 Å². The number of halogens is 1. The largest absolute Gasteiger partial charge is 0.341 e. The lowest BCUT2D eigenvalue weighted by atomic mass is 9.92. The Balaban J connectivity index is 1.45. The Labute approximate surface area is 173 Å². The zero-order valence-corrected chi connectivity index (χ0v) is 17.7. The molecule has 3 rings (SSSR count). The fourth-order valence-electron chi connectivity index (χ4n) is 4.43. The lowest BCUT2D eigenvalue weighted by Gasteiger charge is -2.39. The van der Waals surface area contributed by atoms with Crippen molar-refractivity contribution in [3.63, 3.8) is 0 Å². The van der Waals surface area contributed by atoms with E-state index in [1.54, 1.807) is 18.2 Å². The van der Waals surface area contributed by atoms with Gasteiger partial charge in [-0.05, 0) is 37.3 Å². The number of anilines is 1. The number of carbonyl (C=O) groups is 2. The highest BCUT2D eigenvalue weighted by atomic mass is 19.1. The van der Waals surface area contributed by atoms with Gasteiger partial charge in [-0.25, -0.2) is 4.39 Å². The van der Waals surface area contributed by atoms with Crippen LogP contribution in [-0.2, 0) is 9.59 Å². The molecule has 1 aromatic rings. The number of hydrogen-bond acceptors (Lipinski definition) is 4. The van der Waals surface area contributed by atoms with Gasteiger partial charge >= 0.3 is 0 Å². The number of likely N-dealkylation sites (tertiary alicyclic amines) is 1. The molecule has 2 fully saturated rings. The molecule has 29 heavy (non-hydrogen) atoms. The smallest absolute Gasteiger partial charge is 0.241 e. The zero-order chi connectivity index (χ0) is 21.0. The molecule has 7 heteroatoms. The van der Waals surface area contributed by atoms with Gasteiger partial charge in [0.1, 0.15) is 5.82 Å². The maximum atomic E-state index is 13.8. The lowest BCUT2D eigenvalue weighted by Crippen LogP contribution is -2.55. The first kappa shape index (κ1) is 21.7. The number of benzene rings is 1. The van der Waals surface area contributed by atoms with Crippen molar-refractivity contribution in [3.8, 4) is 0 Å². The van der Waals surface area contributed by atoms with Gasteiger partial charge in [0, 0.05) is 39.3 Å². The fourth-order valence-corrected chi connectivity index (χ4v) is 4.43. The third-order valence-electron chi connectivity index (χ3n) is 6.05. The van der Waals surface area contributed by atoms with Crippen molar-refractivity contribution in [2.24, 2.45) is 11.8 Å². The summed E-state index contributed by atoms with van der Waals surface area (Å²) >= 11 is 0. The third-order valence-corrected chi connectivity index (χ3v) is 6.05. The summed E-state index contributed by atoms with van der Waals surface area (Å²) in [5.74, 6) is 0.692. The summed E-state index contributed by atoms with van der Waals surface area (Å²) in [6, 6.07) is 5.84. The van der Waals surface area contributed by atoms with Crippen molar-refractivity contribution in [1.29, 1.82) is 0 Å². The second-order valence-corrected chi connectivity index (χ2v) is 8.70. The number of nitrogens with one attached hydrogen (secondary N) is 1.